The summed E-state index contributed by atoms with van der Waals surface area (Å²) in [6.45, 7) is 3.10. The Morgan fingerprint density at radius 2 is 1.51 bits per heavy atom. The van der Waals surface area contributed by atoms with E-state index in [1.165, 1.54) is 0 Å². The van der Waals surface area contributed by atoms with Gasteiger partial charge in [0.25, 0.3) is 5.91 Å². The van der Waals surface area contributed by atoms with E-state index in [1.54, 1.807) is 17.0 Å². The number of benzene rings is 2. The number of carbonyl (C=O) groups is 4. The molecule has 1 saturated carbocycles. The second kappa shape index (κ2) is 15.4. The first-order valence-corrected chi connectivity index (χ1v) is 13.9. The van der Waals surface area contributed by atoms with Crippen LogP contribution in [0.1, 0.15) is 49.7 Å². The summed E-state index contributed by atoms with van der Waals surface area (Å²) in [4.78, 5) is 44.4. The molecule has 2 aromatic carbocycles. The summed E-state index contributed by atoms with van der Waals surface area (Å²) in [6.07, 6.45) is 1.80. The minimum absolute atomic E-state index is 0.0166. The largest absolute Gasteiger partial charge is 0.484 e. The van der Waals surface area contributed by atoms with Crippen LogP contribution in [-0.2, 0) is 36.0 Å². The van der Waals surface area contributed by atoms with Crippen LogP contribution in [0.5, 0.6) is 5.75 Å². The fourth-order valence-electron chi connectivity index (χ4n) is 5.11. The van der Waals surface area contributed by atoms with Gasteiger partial charge in [-0.05, 0) is 36.6 Å². The first-order chi connectivity index (χ1) is 20.4. The van der Waals surface area contributed by atoms with Crippen molar-refractivity contribution in [1.82, 2.24) is 10.2 Å². The van der Waals surface area contributed by atoms with Gasteiger partial charge in [0.2, 0.25) is 0 Å². The van der Waals surface area contributed by atoms with Crippen molar-refractivity contribution in [3.8, 4) is 5.75 Å². The maximum absolute atomic E-state index is 14.5. The van der Waals surface area contributed by atoms with Crippen LogP contribution in [0.3, 0.4) is 0 Å². The molecule has 5 N–H and O–H groups in total. The third-order valence-corrected chi connectivity index (χ3v) is 7.41. The molecule has 0 aromatic heterocycles. The lowest BCUT2D eigenvalue weighted by molar-refractivity contribution is -0.170. The van der Waals surface area contributed by atoms with Gasteiger partial charge >= 0.3 is 17.9 Å². The summed E-state index contributed by atoms with van der Waals surface area (Å²) in [5.41, 5.74) is -1.17. The number of carbonyl (C=O) groups excluding carboxylic acids is 1. The predicted molar refractivity (Wildman–Crippen MR) is 150 cm³/mol. The molecule has 12 nitrogen and oxygen atoms in total. The van der Waals surface area contributed by atoms with Crippen molar-refractivity contribution in [2.24, 2.45) is 0 Å². The molecule has 234 valence electrons. The normalized spacial score (nSPS) is 16.1. The van der Waals surface area contributed by atoms with E-state index in [2.05, 4.69) is 5.32 Å². The number of amides is 1. The molecule has 1 amide bonds. The zero-order chi connectivity index (χ0) is 31.5. The summed E-state index contributed by atoms with van der Waals surface area (Å²) < 4.78 is 25.4. The van der Waals surface area contributed by atoms with Crippen molar-refractivity contribution >= 4 is 23.8 Å². The number of nitrogens with one attached hydrogen (secondary N) is 1. The zero-order valence-corrected chi connectivity index (χ0v) is 23.7. The molecule has 0 bridgehead atoms. The average Bonchev–Trinajstić information content (AvgIpc) is 3.45. The number of aliphatic hydroxyl groups is 1. The van der Waals surface area contributed by atoms with Crippen molar-refractivity contribution in [3.63, 3.8) is 0 Å². The van der Waals surface area contributed by atoms with Crippen LogP contribution in [-0.4, -0.2) is 87.7 Å². The Balaban J connectivity index is 0.000000331. The fourth-order valence-corrected chi connectivity index (χ4v) is 5.11. The number of hydrogen-bond acceptors (Lipinski definition) is 8. The van der Waals surface area contributed by atoms with Gasteiger partial charge in [-0.3, -0.25) is 14.4 Å². The average molecular weight is 605 g/mol. The minimum atomic E-state index is -2.74. The van der Waals surface area contributed by atoms with E-state index < -0.39 is 36.4 Å². The minimum Gasteiger partial charge on any atom is -0.484 e. The molecule has 2 aliphatic rings. The lowest BCUT2D eigenvalue weighted by Gasteiger charge is -2.31. The van der Waals surface area contributed by atoms with E-state index in [9.17, 15) is 23.6 Å². The van der Waals surface area contributed by atoms with Gasteiger partial charge in [-0.2, -0.15) is 0 Å². The number of carboxylic acid groups (broad SMARTS) is 3. The standard InChI is InChI=1S/C24H29FN2O3.C6H8O7/c25-22-6-2-1-5-21(22)24(11-3-4-12-24)26-17-19-7-9-20(10-8-19)30-18-23(28)27-13-15-29-16-14-27;7-3(8)1-6(13,5(11)12)2-4(9)10/h1-2,5-10,26H,3-4,11-18H2;13H,1-2H2,(H,7,8)(H,9,10)(H,11,12). The van der Waals surface area contributed by atoms with E-state index in [4.69, 9.17) is 29.9 Å². The van der Waals surface area contributed by atoms with Crippen molar-refractivity contribution < 1.29 is 53.5 Å². The number of carboxylic acids is 3. The van der Waals surface area contributed by atoms with E-state index in [0.717, 1.165) is 36.8 Å². The Morgan fingerprint density at radius 3 is 2.05 bits per heavy atom. The molecule has 2 aromatic rings. The molecule has 0 spiro atoms. The first-order valence-electron chi connectivity index (χ1n) is 13.9. The molecule has 0 unspecified atom stereocenters. The summed E-state index contributed by atoms with van der Waals surface area (Å²) in [7, 11) is 0. The predicted octanol–water partition coefficient (Wildman–Crippen LogP) is 2.37. The van der Waals surface area contributed by atoms with Crippen LogP contribution < -0.4 is 10.1 Å². The van der Waals surface area contributed by atoms with E-state index >= 15 is 0 Å². The molecule has 1 saturated heterocycles. The molecule has 1 aliphatic carbocycles. The van der Waals surface area contributed by atoms with Gasteiger partial charge in [-0.1, -0.05) is 43.2 Å². The van der Waals surface area contributed by atoms with E-state index in [-0.39, 0.29) is 23.9 Å². The molecular weight excluding hydrogens is 567 g/mol. The summed E-state index contributed by atoms with van der Waals surface area (Å²) in [5.74, 6) is -4.50. The maximum Gasteiger partial charge on any atom is 0.336 e. The van der Waals surface area contributed by atoms with Crippen molar-refractivity contribution in [2.45, 2.75) is 56.2 Å². The van der Waals surface area contributed by atoms with Gasteiger partial charge in [0.15, 0.2) is 12.2 Å². The lowest BCUT2D eigenvalue weighted by Crippen LogP contribution is -2.42. The van der Waals surface area contributed by atoms with Crippen molar-refractivity contribution in [1.29, 1.82) is 0 Å². The van der Waals surface area contributed by atoms with E-state index in [0.29, 0.717) is 38.6 Å². The number of halogens is 1. The number of hydrogen-bond donors (Lipinski definition) is 5. The van der Waals surface area contributed by atoms with Gasteiger partial charge in [-0.25, -0.2) is 9.18 Å². The Kier molecular flexibility index (Phi) is 12.0. The molecular formula is C30H37FN2O10. The third kappa shape index (κ3) is 9.73. The molecule has 43 heavy (non-hydrogen) atoms. The maximum atomic E-state index is 14.5. The summed E-state index contributed by atoms with van der Waals surface area (Å²) in [5, 5.41) is 37.4. The van der Waals surface area contributed by atoms with Crippen LogP contribution in [0.15, 0.2) is 48.5 Å². The van der Waals surface area contributed by atoms with Gasteiger partial charge in [0, 0.05) is 30.7 Å². The first kappa shape index (κ1) is 33.4. The summed E-state index contributed by atoms with van der Waals surface area (Å²) >= 11 is 0. The Hall–Kier alpha value is -4.07. The highest BCUT2D eigenvalue weighted by molar-refractivity contribution is 5.88. The Labute approximate surface area is 248 Å². The second-order valence-electron chi connectivity index (χ2n) is 10.5. The number of aliphatic carboxylic acids is 3. The van der Waals surface area contributed by atoms with Gasteiger partial charge < -0.3 is 40.1 Å². The summed E-state index contributed by atoms with van der Waals surface area (Å²) in [6, 6.07) is 14.8. The molecule has 4 rings (SSSR count). The van der Waals surface area contributed by atoms with Crippen LogP contribution in [0.4, 0.5) is 4.39 Å². The molecule has 1 heterocycles. The third-order valence-electron chi connectivity index (χ3n) is 7.41. The molecule has 0 atom stereocenters. The van der Waals surface area contributed by atoms with Gasteiger partial charge in [-0.15, -0.1) is 0 Å². The van der Waals surface area contributed by atoms with Crippen LogP contribution in [0.2, 0.25) is 0 Å². The molecule has 0 radical (unpaired) electrons. The topological polar surface area (TPSA) is 183 Å². The highest BCUT2D eigenvalue weighted by Gasteiger charge is 2.41. The number of rotatable bonds is 12. The SMILES string of the molecule is O=C(COc1ccc(CNC2(c3ccccc3F)CCCC2)cc1)N1CCOCC1.O=C(O)CC(O)(CC(=O)O)C(=O)O. The lowest BCUT2D eigenvalue weighted by atomic mass is 9.87. The van der Waals surface area contributed by atoms with Gasteiger partial charge in [0.05, 0.1) is 26.1 Å². The molecule has 2 fully saturated rings. The number of nitrogens with zero attached hydrogens (tertiary/aromatic N) is 1. The van der Waals surface area contributed by atoms with Gasteiger partial charge in [0.1, 0.15) is 11.6 Å². The van der Waals surface area contributed by atoms with Crippen LogP contribution >= 0.6 is 0 Å². The molecule has 1 aliphatic heterocycles. The highest BCUT2D eigenvalue weighted by atomic mass is 19.1. The van der Waals surface area contributed by atoms with Crippen molar-refractivity contribution in [3.05, 3.63) is 65.5 Å². The van der Waals surface area contributed by atoms with Crippen LogP contribution in [0, 0.1) is 5.82 Å². The number of ether oxygens (including phenoxy) is 2. The zero-order valence-electron chi connectivity index (χ0n) is 23.7. The monoisotopic (exact) mass is 604 g/mol. The second-order valence-corrected chi connectivity index (χ2v) is 10.5. The molecule has 13 heteroatoms. The fraction of sp³-hybridized carbons (Fsp3) is 0.467. The highest BCUT2D eigenvalue weighted by Crippen LogP contribution is 2.40. The van der Waals surface area contributed by atoms with Crippen LogP contribution in [0.25, 0.3) is 0 Å². The quantitative estimate of drug-likeness (QED) is 0.240. The van der Waals surface area contributed by atoms with Crippen molar-refractivity contribution in [2.75, 3.05) is 32.9 Å². The smallest absolute Gasteiger partial charge is 0.336 e. The Bertz CT molecular complexity index is 1240. The van der Waals surface area contributed by atoms with E-state index in [1.807, 2.05) is 36.4 Å². The Morgan fingerprint density at radius 1 is 0.930 bits per heavy atom. The number of morpholine rings is 1.